The van der Waals surface area contributed by atoms with Crippen molar-refractivity contribution in [2.24, 2.45) is 5.92 Å². The van der Waals surface area contributed by atoms with E-state index in [1.807, 2.05) is 0 Å². The molecule has 0 spiro atoms. The van der Waals surface area contributed by atoms with E-state index in [9.17, 15) is 22.9 Å². The molecule has 2 N–H and O–H groups in total. The van der Waals surface area contributed by atoms with Gasteiger partial charge in [-0.15, -0.1) is 11.3 Å². The predicted molar refractivity (Wildman–Crippen MR) is 122 cm³/mol. The third-order valence-electron chi connectivity index (χ3n) is 5.39. The number of hydrogen-bond donors (Lipinski definition) is 2. The number of hydrogen-bond acceptors (Lipinski definition) is 5. The number of halogens is 1. The molecule has 1 atom stereocenters. The van der Waals surface area contributed by atoms with Gasteiger partial charge in [-0.05, 0) is 67.1 Å². The highest BCUT2D eigenvalue weighted by Crippen LogP contribution is 2.39. The summed E-state index contributed by atoms with van der Waals surface area (Å²) < 4.78 is 41.0. The Morgan fingerprint density at radius 2 is 1.91 bits per heavy atom. The van der Waals surface area contributed by atoms with E-state index >= 15 is 0 Å². The summed E-state index contributed by atoms with van der Waals surface area (Å²) in [5.74, 6) is -0.548. The average molecular weight is 470 g/mol. The molecule has 164 valence electrons. The van der Waals surface area contributed by atoms with E-state index in [1.165, 1.54) is 23.5 Å². The van der Waals surface area contributed by atoms with Crippen LogP contribution in [-0.2, 0) is 22.9 Å². The summed E-state index contributed by atoms with van der Waals surface area (Å²) >= 11 is 1.40. The molecule has 1 heterocycles. The molecule has 32 heavy (non-hydrogen) atoms. The lowest BCUT2D eigenvalue weighted by atomic mass is 9.88. The minimum atomic E-state index is -4.03. The summed E-state index contributed by atoms with van der Waals surface area (Å²) in [6.45, 7) is 2.16. The van der Waals surface area contributed by atoms with Crippen molar-refractivity contribution in [3.8, 4) is 6.07 Å². The van der Waals surface area contributed by atoms with Crippen LogP contribution in [-0.4, -0.2) is 14.3 Å². The van der Waals surface area contributed by atoms with Crippen molar-refractivity contribution < 1.29 is 17.6 Å². The van der Waals surface area contributed by atoms with Crippen LogP contribution in [0.5, 0.6) is 0 Å². The maximum atomic E-state index is 13.2. The lowest BCUT2D eigenvalue weighted by Crippen LogP contribution is -2.18. The van der Waals surface area contributed by atoms with Crippen LogP contribution in [0.2, 0.25) is 0 Å². The van der Waals surface area contributed by atoms with E-state index in [0.29, 0.717) is 16.5 Å². The van der Waals surface area contributed by atoms with Crippen molar-refractivity contribution in [3.63, 3.8) is 0 Å². The van der Waals surface area contributed by atoms with Crippen LogP contribution in [0, 0.1) is 23.1 Å². The third kappa shape index (κ3) is 4.38. The van der Waals surface area contributed by atoms with Crippen LogP contribution in [0.1, 0.15) is 39.7 Å². The van der Waals surface area contributed by atoms with Crippen molar-refractivity contribution in [2.75, 3.05) is 10.0 Å². The van der Waals surface area contributed by atoms with Crippen molar-refractivity contribution in [2.45, 2.75) is 31.1 Å². The molecule has 1 aliphatic carbocycles. The Labute approximate surface area is 189 Å². The van der Waals surface area contributed by atoms with Gasteiger partial charge in [0, 0.05) is 4.88 Å². The van der Waals surface area contributed by atoms with Gasteiger partial charge in [0.05, 0.1) is 21.7 Å². The summed E-state index contributed by atoms with van der Waals surface area (Å²) in [5.41, 5.74) is 1.68. The van der Waals surface area contributed by atoms with Gasteiger partial charge in [0.1, 0.15) is 16.9 Å². The zero-order valence-electron chi connectivity index (χ0n) is 17.2. The maximum absolute atomic E-state index is 13.2. The molecule has 0 aliphatic heterocycles. The van der Waals surface area contributed by atoms with Gasteiger partial charge in [-0.25, -0.2) is 12.8 Å². The monoisotopic (exact) mass is 469 g/mol. The standard InChI is InChI=1S/C23H20FN3O3S2/c1-14-6-11-17-19(13-25)23(31-21(17)12-14)26-22(28)18-4-2-3-5-20(18)27-32(29,30)16-9-7-15(24)8-10-16/h2-5,7-10,14,27H,6,11-12H2,1H3,(H,26,28). The van der Waals surface area contributed by atoms with E-state index in [-0.39, 0.29) is 16.1 Å². The van der Waals surface area contributed by atoms with Gasteiger partial charge < -0.3 is 5.32 Å². The molecule has 0 bridgehead atoms. The number of nitrogens with one attached hydrogen (secondary N) is 2. The van der Waals surface area contributed by atoms with Gasteiger partial charge >= 0.3 is 0 Å². The molecule has 6 nitrogen and oxygen atoms in total. The number of carbonyl (C=O) groups excluding carboxylic acids is 1. The third-order valence-corrected chi connectivity index (χ3v) is 7.94. The molecular formula is C23H20FN3O3S2. The first-order chi connectivity index (χ1) is 15.3. The normalized spacial score (nSPS) is 15.5. The van der Waals surface area contributed by atoms with Crippen molar-refractivity contribution >= 4 is 38.0 Å². The van der Waals surface area contributed by atoms with Gasteiger partial charge in [-0.2, -0.15) is 5.26 Å². The summed E-state index contributed by atoms with van der Waals surface area (Å²) in [4.78, 5) is 14.0. The van der Waals surface area contributed by atoms with Gasteiger partial charge in [-0.3, -0.25) is 9.52 Å². The molecule has 0 saturated carbocycles. The lowest BCUT2D eigenvalue weighted by molar-refractivity contribution is 0.102. The molecule has 1 aromatic heterocycles. The first-order valence-corrected chi connectivity index (χ1v) is 12.3. The van der Waals surface area contributed by atoms with Gasteiger partial charge in [0.2, 0.25) is 0 Å². The first kappa shape index (κ1) is 22.0. The van der Waals surface area contributed by atoms with Gasteiger partial charge in [0.25, 0.3) is 15.9 Å². The Morgan fingerprint density at radius 1 is 1.19 bits per heavy atom. The smallest absolute Gasteiger partial charge is 0.261 e. The lowest BCUT2D eigenvalue weighted by Gasteiger charge is -2.17. The number of para-hydroxylation sites is 1. The van der Waals surface area contributed by atoms with Crippen molar-refractivity contribution in [1.29, 1.82) is 5.26 Å². The van der Waals surface area contributed by atoms with Gasteiger partial charge in [-0.1, -0.05) is 19.1 Å². The Balaban J connectivity index is 1.62. The minimum absolute atomic E-state index is 0.0859. The Bertz CT molecular complexity index is 1330. The van der Waals surface area contributed by atoms with E-state index in [0.717, 1.165) is 54.0 Å². The fourth-order valence-corrected chi connectivity index (χ4v) is 6.15. The number of thiophene rings is 1. The number of sulfonamides is 1. The van der Waals surface area contributed by atoms with Gasteiger partial charge in [0.15, 0.2) is 0 Å². The molecule has 2 aromatic carbocycles. The number of nitrogens with zero attached hydrogens (tertiary/aromatic N) is 1. The van der Waals surface area contributed by atoms with Crippen LogP contribution in [0.25, 0.3) is 0 Å². The average Bonchev–Trinajstić information content (AvgIpc) is 3.09. The second kappa shape index (κ2) is 8.73. The molecule has 3 aromatic rings. The zero-order chi connectivity index (χ0) is 22.9. The summed E-state index contributed by atoms with van der Waals surface area (Å²) in [7, 11) is -4.03. The van der Waals surface area contributed by atoms with E-state index in [2.05, 4.69) is 23.0 Å². The predicted octanol–water partition coefficient (Wildman–Crippen LogP) is 4.94. The Kier molecular flexibility index (Phi) is 6.00. The summed E-state index contributed by atoms with van der Waals surface area (Å²) in [5, 5.41) is 12.9. The molecule has 1 amide bonds. The van der Waals surface area contributed by atoms with Crippen molar-refractivity contribution in [1.82, 2.24) is 0 Å². The number of nitriles is 1. The van der Waals surface area contributed by atoms with Crippen LogP contribution in [0.3, 0.4) is 0 Å². The highest BCUT2D eigenvalue weighted by molar-refractivity contribution is 7.92. The second-order valence-corrected chi connectivity index (χ2v) is 10.5. The van der Waals surface area contributed by atoms with E-state index in [4.69, 9.17) is 0 Å². The fraction of sp³-hybridized carbons (Fsp3) is 0.217. The second-order valence-electron chi connectivity index (χ2n) is 7.73. The molecule has 0 fully saturated rings. The highest BCUT2D eigenvalue weighted by atomic mass is 32.2. The topological polar surface area (TPSA) is 99.1 Å². The van der Waals surface area contributed by atoms with Crippen LogP contribution >= 0.6 is 11.3 Å². The number of anilines is 2. The molecule has 0 saturated heterocycles. The highest BCUT2D eigenvalue weighted by Gasteiger charge is 2.26. The Morgan fingerprint density at radius 3 is 2.62 bits per heavy atom. The molecule has 1 aliphatic rings. The molecule has 4 rings (SSSR count). The van der Waals surface area contributed by atoms with E-state index in [1.54, 1.807) is 12.1 Å². The first-order valence-electron chi connectivity index (χ1n) is 10.0. The SMILES string of the molecule is CC1CCc2c(sc(NC(=O)c3ccccc3NS(=O)(=O)c3ccc(F)cc3)c2C#N)C1. The molecule has 9 heteroatoms. The molecule has 0 radical (unpaired) electrons. The van der Waals surface area contributed by atoms with Crippen LogP contribution in [0.15, 0.2) is 53.4 Å². The summed E-state index contributed by atoms with van der Waals surface area (Å²) in [6.07, 6.45) is 2.68. The number of benzene rings is 2. The largest absolute Gasteiger partial charge is 0.312 e. The molecule has 1 unspecified atom stereocenters. The summed E-state index contributed by atoms with van der Waals surface area (Å²) in [6, 6.07) is 12.8. The van der Waals surface area contributed by atoms with E-state index < -0.39 is 21.7 Å². The zero-order valence-corrected chi connectivity index (χ0v) is 18.8. The fourth-order valence-electron chi connectivity index (χ4n) is 3.72. The Hall–Kier alpha value is -3.22. The van der Waals surface area contributed by atoms with Crippen molar-refractivity contribution in [3.05, 3.63) is 75.9 Å². The number of rotatable bonds is 5. The number of fused-ring (bicyclic) bond motifs is 1. The minimum Gasteiger partial charge on any atom is -0.312 e. The quantitative estimate of drug-likeness (QED) is 0.553. The van der Waals surface area contributed by atoms with Crippen LogP contribution < -0.4 is 10.0 Å². The number of carbonyl (C=O) groups is 1. The maximum Gasteiger partial charge on any atom is 0.261 e. The van der Waals surface area contributed by atoms with Crippen LogP contribution in [0.4, 0.5) is 15.1 Å². The number of amides is 1. The molecular weight excluding hydrogens is 449 g/mol.